The molecular formula is C16H19N5O5. The Morgan fingerprint density at radius 3 is 2.92 bits per heavy atom. The second kappa shape index (κ2) is 6.53. The number of methoxy groups -OCH3 is 1. The largest absolute Gasteiger partial charge is 0.469 e. The molecule has 10 nitrogen and oxygen atoms in total. The fourth-order valence-corrected chi connectivity index (χ4v) is 3.37. The van der Waals surface area contributed by atoms with Crippen LogP contribution in [0.4, 0.5) is 5.82 Å². The first-order valence-corrected chi connectivity index (χ1v) is 8.03. The molecule has 138 valence electrons. The van der Waals surface area contributed by atoms with Crippen molar-refractivity contribution in [3.8, 4) is 6.07 Å². The molecule has 0 radical (unpaired) electrons. The van der Waals surface area contributed by atoms with Gasteiger partial charge in [0.25, 0.3) is 0 Å². The Labute approximate surface area is 148 Å². The van der Waals surface area contributed by atoms with Crippen LogP contribution in [0.15, 0.2) is 18.5 Å². The van der Waals surface area contributed by atoms with Gasteiger partial charge in [-0.25, -0.2) is 9.50 Å². The van der Waals surface area contributed by atoms with Crippen LogP contribution in [0.3, 0.4) is 0 Å². The van der Waals surface area contributed by atoms with E-state index >= 15 is 0 Å². The van der Waals surface area contributed by atoms with E-state index in [-0.39, 0.29) is 11.5 Å². The summed E-state index contributed by atoms with van der Waals surface area (Å²) >= 11 is 0. The molecule has 0 aromatic carbocycles. The van der Waals surface area contributed by atoms with Crippen molar-refractivity contribution >= 4 is 17.3 Å². The molecule has 0 spiro atoms. The van der Waals surface area contributed by atoms with E-state index in [0.717, 1.165) is 0 Å². The average Bonchev–Trinajstić information content (AvgIpc) is 3.19. The molecule has 3 rings (SSSR count). The van der Waals surface area contributed by atoms with Gasteiger partial charge >= 0.3 is 5.97 Å². The second-order valence-electron chi connectivity index (χ2n) is 6.06. The third kappa shape index (κ3) is 2.40. The number of ether oxygens (including phenoxy) is 2. The average molecular weight is 361 g/mol. The van der Waals surface area contributed by atoms with Gasteiger partial charge in [-0.05, 0) is 18.6 Å². The number of aromatic nitrogens is 3. The number of anilines is 1. The van der Waals surface area contributed by atoms with Crippen molar-refractivity contribution in [1.29, 1.82) is 5.26 Å². The van der Waals surface area contributed by atoms with Crippen LogP contribution in [0.2, 0.25) is 0 Å². The van der Waals surface area contributed by atoms with Crippen LogP contribution in [0.5, 0.6) is 0 Å². The summed E-state index contributed by atoms with van der Waals surface area (Å²) in [5, 5.41) is 35.0. The first-order chi connectivity index (χ1) is 12.4. The Morgan fingerprint density at radius 1 is 1.58 bits per heavy atom. The van der Waals surface area contributed by atoms with Gasteiger partial charge in [-0.3, -0.25) is 4.79 Å². The smallest absolute Gasteiger partial charge is 0.311 e. The standard InChI is InChI=1S/C16H19N5O5/c1-3-8(15(24)25-2)12-11(22)13(23)16(6-17,26-12)10-5-4-9-14(18)19-7-20-21(9)10/h4-5,7-8,11-13,22-23H,3H2,1-2H3,(H2,18,19,20)/t8?,11-,12-,13-,16+/m1/s1. The molecule has 1 unspecified atom stereocenters. The van der Waals surface area contributed by atoms with Gasteiger partial charge in [-0.15, -0.1) is 0 Å². The highest BCUT2D eigenvalue weighted by atomic mass is 16.6. The molecule has 5 atom stereocenters. The summed E-state index contributed by atoms with van der Waals surface area (Å²) in [5.74, 6) is -1.25. The van der Waals surface area contributed by atoms with Gasteiger partial charge in [0.1, 0.15) is 36.2 Å². The van der Waals surface area contributed by atoms with Crippen LogP contribution < -0.4 is 5.73 Å². The third-order valence-electron chi connectivity index (χ3n) is 4.77. The van der Waals surface area contributed by atoms with Crippen molar-refractivity contribution in [3.63, 3.8) is 0 Å². The van der Waals surface area contributed by atoms with Crippen LogP contribution in [0.25, 0.3) is 5.52 Å². The van der Waals surface area contributed by atoms with Crippen molar-refractivity contribution in [2.45, 2.75) is 37.3 Å². The summed E-state index contributed by atoms with van der Waals surface area (Å²) < 4.78 is 11.9. The minimum Gasteiger partial charge on any atom is -0.469 e. The number of nitrogen functional groups attached to an aromatic ring is 1. The fourth-order valence-electron chi connectivity index (χ4n) is 3.37. The van der Waals surface area contributed by atoms with Gasteiger partial charge in [0, 0.05) is 0 Å². The summed E-state index contributed by atoms with van der Waals surface area (Å²) in [5.41, 5.74) is 4.47. The lowest BCUT2D eigenvalue weighted by Crippen LogP contribution is -2.41. The minimum atomic E-state index is -1.93. The lowest BCUT2D eigenvalue weighted by Gasteiger charge is -2.25. The molecule has 0 bridgehead atoms. The lowest BCUT2D eigenvalue weighted by molar-refractivity contribution is -0.155. The normalized spacial score (nSPS) is 29.4. The molecule has 1 saturated heterocycles. The summed E-state index contributed by atoms with van der Waals surface area (Å²) in [6.45, 7) is 1.72. The van der Waals surface area contributed by atoms with E-state index in [9.17, 15) is 20.3 Å². The van der Waals surface area contributed by atoms with Crippen LogP contribution in [0.1, 0.15) is 19.0 Å². The monoisotopic (exact) mass is 361 g/mol. The topological polar surface area (TPSA) is 156 Å². The van der Waals surface area contributed by atoms with Crippen molar-refractivity contribution < 1.29 is 24.5 Å². The van der Waals surface area contributed by atoms with Gasteiger partial charge in [0.15, 0.2) is 5.82 Å². The van der Waals surface area contributed by atoms with Gasteiger partial charge in [0.05, 0.1) is 18.7 Å². The number of rotatable bonds is 4. The highest BCUT2D eigenvalue weighted by Gasteiger charge is 2.60. The number of esters is 1. The molecule has 4 N–H and O–H groups in total. The number of hydrogen-bond donors (Lipinski definition) is 3. The number of aliphatic hydroxyl groups is 2. The highest BCUT2D eigenvalue weighted by molar-refractivity contribution is 5.73. The van der Waals surface area contributed by atoms with Crippen molar-refractivity contribution in [1.82, 2.24) is 14.6 Å². The molecule has 0 aliphatic carbocycles. The molecule has 26 heavy (non-hydrogen) atoms. The zero-order valence-corrected chi connectivity index (χ0v) is 14.2. The van der Waals surface area contributed by atoms with Crippen LogP contribution in [0, 0.1) is 17.2 Å². The van der Waals surface area contributed by atoms with Gasteiger partial charge in [-0.2, -0.15) is 10.4 Å². The van der Waals surface area contributed by atoms with E-state index in [4.69, 9.17) is 15.2 Å². The second-order valence-corrected chi connectivity index (χ2v) is 6.06. The predicted octanol–water partition coefficient (Wildman–Crippen LogP) is -0.650. The minimum absolute atomic E-state index is 0.179. The molecular weight excluding hydrogens is 342 g/mol. The van der Waals surface area contributed by atoms with Crippen LogP contribution in [-0.4, -0.2) is 56.2 Å². The Morgan fingerprint density at radius 2 is 2.31 bits per heavy atom. The van der Waals surface area contributed by atoms with Gasteiger partial charge in [0.2, 0.25) is 5.60 Å². The van der Waals surface area contributed by atoms with E-state index in [1.54, 1.807) is 13.0 Å². The molecule has 10 heteroatoms. The zero-order valence-electron chi connectivity index (χ0n) is 14.2. The maximum absolute atomic E-state index is 12.0. The quantitative estimate of drug-likeness (QED) is 0.602. The number of aliphatic hydroxyl groups excluding tert-OH is 2. The SMILES string of the molecule is CCC(C(=O)OC)[C@H]1O[C@@](C#N)(c2ccc3c(N)ncnn23)[C@H](O)[C@@H]1O. The Bertz CT molecular complexity index is 878. The molecule has 1 aliphatic rings. The van der Waals surface area contributed by atoms with Crippen LogP contribution >= 0.6 is 0 Å². The summed E-state index contributed by atoms with van der Waals surface area (Å²) in [6, 6.07) is 5.03. The van der Waals surface area contributed by atoms with Crippen molar-refractivity contribution in [2.24, 2.45) is 5.92 Å². The van der Waals surface area contributed by atoms with E-state index in [2.05, 4.69) is 10.1 Å². The summed E-state index contributed by atoms with van der Waals surface area (Å²) in [4.78, 5) is 15.9. The third-order valence-corrected chi connectivity index (χ3v) is 4.77. The van der Waals surface area contributed by atoms with E-state index in [1.807, 2.05) is 6.07 Å². The number of carbonyl (C=O) groups excluding carboxylic acids is 1. The first kappa shape index (κ1) is 18.1. The summed E-state index contributed by atoms with van der Waals surface area (Å²) in [7, 11) is 1.22. The van der Waals surface area contributed by atoms with Gasteiger partial charge in [-0.1, -0.05) is 6.92 Å². The summed E-state index contributed by atoms with van der Waals surface area (Å²) in [6.07, 6.45) is -2.69. The maximum atomic E-state index is 12.0. The Kier molecular flexibility index (Phi) is 4.53. The number of fused-ring (bicyclic) bond motifs is 1. The Hall–Kier alpha value is -2.74. The number of nitrogens with zero attached hydrogens (tertiary/aromatic N) is 4. The molecule has 2 aromatic rings. The molecule has 1 aliphatic heterocycles. The first-order valence-electron chi connectivity index (χ1n) is 8.03. The van der Waals surface area contributed by atoms with E-state index < -0.39 is 35.8 Å². The van der Waals surface area contributed by atoms with Crippen LogP contribution in [-0.2, 0) is 19.9 Å². The zero-order chi connectivity index (χ0) is 19.1. The molecule has 2 aromatic heterocycles. The van der Waals surface area contributed by atoms with Crippen molar-refractivity contribution in [3.05, 3.63) is 24.2 Å². The number of hydrogen-bond acceptors (Lipinski definition) is 9. The van der Waals surface area contributed by atoms with Crippen molar-refractivity contribution in [2.75, 3.05) is 12.8 Å². The number of nitrogens with two attached hydrogens (primary N) is 1. The maximum Gasteiger partial charge on any atom is 0.311 e. The van der Waals surface area contributed by atoms with Gasteiger partial charge < -0.3 is 25.4 Å². The lowest BCUT2D eigenvalue weighted by atomic mass is 9.89. The fraction of sp³-hybridized carbons (Fsp3) is 0.500. The number of carbonyl (C=O) groups is 1. The van der Waals surface area contributed by atoms with E-state index in [1.165, 1.54) is 24.0 Å². The number of nitriles is 1. The molecule has 1 fully saturated rings. The van der Waals surface area contributed by atoms with E-state index in [0.29, 0.717) is 11.9 Å². The molecule has 0 saturated carbocycles. The predicted molar refractivity (Wildman–Crippen MR) is 87.4 cm³/mol. The highest BCUT2D eigenvalue weighted by Crippen LogP contribution is 2.43. The molecule has 3 heterocycles. The Balaban J connectivity index is 2.10. The molecule has 0 amide bonds.